The third-order valence-corrected chi connectivity index (χ3v) is 4.36. The molecule has 1 atom stereocenters. The van der Waals surface area contributed by atoms with Crippen LogP contribution in [-0.2, 0) is 18.0 Å². The van der Waals surface area contributed by atoms with Crippen LogP contribution in [0.3, 0.4) is 0 Å². The van der Waals surface area contributed by atoms with E-state index in [0.29, 0.717) is 10.9 Å². The number of hydrogen-bond acceptors (Lipinski definition) is 6. The van der Waals surface area contributed by atoms with E-state index in [1.54, 1.807) is 19.3 Å². The van der Waals surface area contributed by atoms with Gasteiger partial charge in [-0.1, -0.05) is 12.1 Å². The number of fused-ring (bicyclic) bond motifs is 1. The van der Waals surface area contributed by atoms with Crippen molar-refractivity contribution >= 4 is 16.6 Å². The molecule has 0 fully saturated rings. The van der Waals surface area contributed by atoms with Crippen molar-refractivity contribution in [1.29, 1.82) is 0 Å². The SMILES string of the molecule is COC[C@@H](O)CNc1nnc(-c2ccc(C(F)(F)F)cc2)c2ccn(C)c(=O)c12. The van der Waals surface area contributed by atoms with Crippen LogP contribution >= 0.6 is 0 Å². The number of aliphatic hydroxyl groups is 1. The number of hydrogen-bond donors (Lipinski definition) is 2. The quantitative estimate of drug-likeness (QED) is 0.651. The maximum absolute atomic E-state index is 12.8. The van der Waals surface area contributed by atoms with Crippen molar-refractivity contribution in [2.24, 2.45) is 7.05 Å². The van der Waals surface area contributed by atoms with E-state index < -0.39 is 17.8 Å². The molecule has 0 aliphatic heterocycles. The van der Waals surface area contributed by atoms with Crippen molar-refractivity contribution in [2.75, 3.05) is 25.6 Å². The molecule has 0 unspecified atom stereocenters. The zero-order chi connectivity index (χ0) is 21.2. The number of rotatable bonds is 6. The Kier molecular flexibility index (Phi) is 5.85. The number of ether oxygens (including phenoxy) is 1. The summed E-state index contributed by atoms with van der Waals surface area (Å²) in [6, 6.07) is 6.14. The molecule has 10 heteroatoms. The number of nitrogens with one attached hydrogen (secondary N) is 1. The second-order valence-corrected chi connectivity index (χ2v) is 6.48. The predicted molar refractivity (Wildman–Crippen MR) is 102 cm³/mol. The van der Waals surface area contributed by atoms with Gasteiger partial charge in [0.25, 0.3) is 5.56 Å². The lowest BCUT2D eigenvalue weighted by Crippen LogP contribution is -2.26. The Hall–Kier alpha value is -2.98. The first-order valence-corrected chi connectivity index (χ1v) is 8.67. The lowest BCUT2D eigenvalue weighted by Gasteiger charge is -2.14. The first-order valence-electron chi connectivity index (χ1n) is 8.67. The average molecular weight is 408 g/mol. The molecular weight excluding hydrogens is 389 g/mol. The van der Waals surface area contributed by atoms with E-state index in [2.05, 4.69) is 15.5 Å². The van der Waals surface area contributed by atoms with E-state index >= 15 is 0 Å². The lowest BCUT2D eigenvalue weighted by molar-refractivity contribution is -0.137. The Morgan fingerprint density at radius 2 is 1.90 bits per heavy atom. The van der Waals surface area contributed by atoms with Gasteiger partial charge in [0.1, 0.15) is 5.69 Å². The van der Waals surface area contributed by atoms with Crippen LogP contribution in [0, 0.1) is 0 Å². The maximum Gasteiger partial charge on any atom is 0.416 e. The lowest BCUT2D eigenvalue weighted by atomic mass is 10.0. The highest BCUT2D eigenvalue weighted by atomic mass is 19.4. The second kappa shape index (κ2) is 8.18. The summed E-state index contributed by atoms with van der Waals surface area (Å²) in [5.41, 5.74) is -0.446. The van der Waals surface area contributed by atoms with E-state index in [9.17, 15) is 23.1 Å². The molecule has 0 spiro atoms. The summed E-state index contributed by atoms with van der Waals surface area (Å²) >= 11 is 0. The normalized spacial score (nSPS) is 12.9. The van der Waals surface area contributed by atoms with Crippen LogP contribution in [0.15, 0.2) is 41.3 Å². The van der Waals surface area contributed by atoms with Crippen LogP contribution in [0.4, 0.5) is 19.0 Å². The fourth-order valence-electron chi connectivity index (χ4n) is 2.88. The molecule has 0 saturated heterocycles. The number of benzene rings is 1. The monoisotopic (exact) mass is 408 g/mol. The largest absolute Gasteiger partial charge is 0.416 e. The van der Waals surface area contributed by atoms with E-state index in [1.807, 2.05) is 0 Å². The molecule has 7 nitrogen and oxygen atoms in total. The van der Waals surface area contributed by atoms with Crippen LogP contribution in [0.25, 0.3) is 22.0 Å². The molecule has 0 aliphatic carbocycles. The first-order chi connectivity index (χ1) is 13.7. The molecule has 0 aliphatic rings. The minimum Gasteiger partial charge on any atom is -0.389 e. The third-order valence-electron chi connectivity index (χ3n) is 4.36. The summed E-state index contributed by atoms with van der Waals surface area (Å²) < 4.78 is 44.7. The molecule has 0 bridgehead atoms. The number of methoxy groups -OCH3 is 1. The average Bonchev–Trinajstić information content (AvgIpc) is 2.68. The summed E-state index contributed by atoms with van der Waals surface area (Å²) in [6.07, 6.45) is -3.72. The van der Waals surface area contributed by atoms with Gasteiger partial charge in [-0.3, -0.25) is 4.79 Å². The molecule has 2 aromatic heterocycles. The van der Waals surface area contributed by atoms with Crippen molar-refractivity contribution in [3.05, 3.63) is 52.4 Å². The van der Waals surface area contributed by atoms with Crippen molar-refractivity contribution < 1.29 is 23.0 Å². The number of nitrogens with zero attached hydrogens (tertiary/aromatic N) is 3. The Morgan fingerprint density at radius 3 is 2.52 bits per heavy atom. The number of aliphatic hydroxyl groups excluding tert-OH is 1. The Labute approximate surface area is 163 Å². The highest BCUT2D eigenvalue weighted by Gasteiger charge is 2.30. The molecule has 0 amide bonds. The van der Waals surface area contributed by atoms with E-state index in [-0.39, 0.29) is 35.6 Å². The van der Waals surface area contributed by atoms with Gasteiger partial charge in [-0.2, -0.15) is 13.2 Å². The van der Waals surface area contributed by atoms with E-state index in [1.165, 1.54) is 23.8 Å². The van der Waals surface area contributed by atoms with Gasteiger partial charge in [0.15, 0.2) is 5.82 Å². The Bertz CT molecular complexity index is 1070. The molecule has 0 saturated carbocycles. The van der Waals surface area contributed by atoms with Gasteiger partial charge in [0, 0.05) is 37.8 Å². The molecule has 3 rings (SSSR count). The first kappa shape index (κ1) is 20.7. The van der Waals surface area contributed by atoms with Crippen LogP contribution in [0.5, 0.6) is 0 Å². The molecule has 2 heterocycles. The van der Waals surface area contributed by atoms with Crippen molar-refractivity contribution in [2.45, 2.75) is 12.3 Å². The highest BCUT2D eigenvalue weighted by molar-refractivity contribution is 5.99. The third kappa shape index (κ3) is 4.38. The van der Waals surface area contributed by atoms with Crippen LogP contribution in [0.2, 0.25) is 0 Å². The van der Waals surface area contributed by atoms with Crippen molar-refractivity contribution in [1.82, 2.24) is 14.8 Å². The smallest absolute Gasteiger partial charge is 0.389 e. The van der Waals surface area contributed by atoms with Crippen LogP contribution in [0.1, 0.15) is 5.56 Å². The van der Waals surface area contributed by atoms with Crippen LogP contribution in [-0.4, -0.2) is 46.2 Å². The summed E-state index contributed by atoms with van der Waals surface area (Å²) in [5.74, 6) is 0.173. The number of aryl methyl sites for hydroxylation is 1. The van der Waals surface area contributed by atoms with Gasteiger partial charge >= 0.3 is 6.18 Å². The molecule has 3 aromatic rings. The maximum atomic E-state index is 12.8. The highest BCUT2D eigenvalue weighted by Crippen LogP contribution is 2.32. The van der Waals surface area contributed by atoms with Gasteiger partial charge in [-0.15, -0.1) is 10.2 Å². The number of halogens is 3. The molecule has 154 valence electrons. The summed E-state index contributed by atoms with van der Waals surface area (Å²) in [5, 5.41) is 21.5. The molecule has 29 heavy (non-hydrogen) atoms. The number of alkyl halides is 3. The predicted octanol–water partition coefficient (Wildman–Crippen LogP) is 2.43. The van der Waals surface area contributed by atoms with Gasteiger partial charge in [0.05, 0.1) is 23.7 Å². The van der Waals surface area contributed by atoms with Crippen molar-refractivity contribution in [3.8, 4) is 11.3 Å². The number of pyridine rings is 1. The van der Waals surface area contributed by atoms with Crippen LogP contribution < -0.4 is 10.9 Å². The number of anilines is 1. The molecular formula is C19H19F3N4O3. The van der Waals surface area contributed by atoms with E-state index in [4.69, 9.17) is 4.74 Å². The van der Waals surface area contributed by atoms with Gasteiger partial charge in [-0.05, 0) is 18.2 Å². The second-order valence-electron chi connectivity index (χ2n) is 6.48. The minimum absolute atomic E-state index is 0.0787. The fraction of sp³-hybridized carbons (Fsp3) is 0.316. The summed E-state index contributed by atoms with van der Waals surface area (Å²) in [4.78, 5) is 12.7. The minimum atomic E-state index is -4.45. The van der Waals surface area contributed by atoms with E-state index in [0.717, 1.165) is 12.1 Å². The van der Waals surface area contributed by atoms with Crippen molar-refractivity contribution in [3.63, 3.8) is 0 Å². The number of aromatic nitrogens is 3. The van der Waals surface area contributed by atoms with Gasteiger partial charge in [0.2, 0.25) is 0 Å². The Balaban J connectivity index is 2.08. The zero-order valence-corrected chi connectivity index (χ0v) is 15.7. The Morgan fingerprint density at radius 1 is 1.21 bits per heavy atom. The standard InChI is InChI=1S/C19H19F3N4O3/c1-26-8-7-14-15(18(26)28)17(23-9-13(27)10-29-2)25-24-16(14)11-3-5-12(6-4-11)19(20,21)22/h3-8,13,27H,9-10H2,1-2H3,(H,23,25)/t13-/m0/s1. The van der Waals surface area contributed by atoms with Gasteiger partial charge in [-0.25, -0.2) is 0 Å². The topological polar surface area (TPSA) is 89.3 Å². The van der Waals surface area contributed by atoms with Gasteiger partial charge < -0.3 is 19.7 Å². The summed E-state index contributed by atoms with van der Waals surface area (Å²) in [7, 11) is 3.02. The fourth-order valence-corrected chi connectivity index (χ4v) is 2.88. The molecule has 0 radical (unpaired) electrons. The zero-order valence-electron chi connectivity index (χ0n) is 15.7. The molecule has 1 aromatic carbocycles. The summed E-state index contributed by atoms with van der Waals surface area (Å²) in [6.45, 7) is 0.176. The molecule has 2 N–H and O–H groups in total.